The minimum Gasteiger partial charge on any atom is -0.461 e. The molecule has 6 atom stereocenters. The molecule has 2 aromatic rings. The fraction of sp³-hybridized carbons (Fsp3) is 0.333. The first-order chi connectivity index (χ1) is 12.7. The van der Waals surface area contributed by atoms with Crippen molar-refractivity contribution in [2.24, 2.45) is 23.7 Å². The molecule has 132 valence electrons. The van der Waals surface area contributed by atoms with Gasteiger partial charge >= 0.3 is 5.97 Å². The molecule has 0 aromatic heterocycles. The van der Waals surface area contributed by atoms with Crippen molar-refractivity contribution in [2.75, 3.05) is 5.32 Å². The Bertz CT molecular complexity index is 841. The van der Waals surface area contributed by atoms with Crippen molar-refractivity contribution in [1.29, 1.82) is 0 Å². The molecule has 0 radical (unpaired) electrons. The highest BCUT2D eigenvalue weighted by atomic mass is 32.2. The fourth-order valence-corrected chi connectivity index (χ4v) is 6.38. The number of anilines is 1. The molecular formula is C21H19NO3S. The van der Waals surface area contributed by atoms with E-state index in [4.69, 9.17) is 4.74 Å². The zero-order valence-electron chi connectivity index (χ0n) is 14.1. The Hall–Kier alpha value is -2.27. The number of para-hydroxylation sites is 1. The average Bonchev–Trinajstić information content (AvgIpc) is 3.27. The second kappa shape index (κ2) is 6.16. The topological polar surface area (TPSA) is 55.4 Å². The van der Waals surface area contributed by atoms with E-state index in [1.54, 1.807) is 11.8 Å². The number of carbonyl (C=O) groups is 2. The molecule has 2 aliphatic carbocycles. The average molecular weight is 365 g/mol. The third-order valence-corrected chi connectivity index (χ3v) is 7.34. The molecular weight excluding hydrogens is 346 g/mol. The van der Waals surface area contributed by atoms with E-state index in [-0.39, 0.29) is 46.9 Å². The molecule has 1 heterocycles. The number of ether oxygens (including phenoxy) is 1. The van der Waals surface area contributed by atoms with E-state index in [9.17, 15) is 9.59 Å². The van der Waals surface area contributed by atoms with Crippen LogP contribution in [0.2, 0.25) is 0 Å². The minimum absolute atomic E-state index is 0.0512. The molecule has 2 saturated carbocycles. The van der Waals surface area contributed by atoms with Crippen molar-refractivity contribution in [3.63, 3.8) is 0 Å². The van der Waals surface area contributed by atoms with Gasteiger partial charge in [-0.25, -0.2) is 0 Å². The first-order valence-electron chi connectivity index (χ1n) is 9.00. The summed E-state index contributed by atoms with van der Waals surface area (Å²) < 4.78 is 5.71. The lowest BCUT2D eigenvalue weighted by Gasteiger charge is -2.30. The van der Waals surface area contributed by atoms with Crippen LogP contribution in [-0.2, 0) is 14.3 Å². The summed E-state index contributed by atoms with van der Waals surface area (Å²) in [4.78, 5) is 26.6. The number of nitrogens with one attached hydrogen (secondary N) is 1. The van der Waals surface area contributed by atoms with Crippen LogP contribution < -0.4 is 5.32 Å². The van der Waals surface area contributed by atoms with Gasteiger partial charge in [-0.3, -0.25) is 9.59 Å². The molecule has 5 rings (SSSR count). The minimum atomic E-state index is -0.298. The van der Waals surface area contributed by atoms with Crippen LogP contribution in [0.4, 0.5) is 5.69 Å². The summed E-state index contributed by atoms with van der Waals surface area (Å²) in [5, 5.41) is 3.15. The van der Waals surface area contributed by atoms with Crippen molar-refractivity contribution >= 4 is 29.3 Å². The van der Waals surface area contributed by atoms with Gasteiger partial charge in [-0.15, -0.1) is 11.8 Å². The Kier molecular flexibility index (Phi) is 3.78. The molecule has 6 unspecified atom stereocenters. The monoisotopic (exact) mass is 365 g/mol. The Balaban J connectivity index is 1.41. The predicted octanol–water partition coefficient (Wildman–Crippen LogP) is 3.59. The Labute approximate surface area is 156 Å². The number of carbonyl (C=O) groups excluding carboxylic acids is 2. The van der Waals surface area contributed by atoms with E-state index < -0.39 is 0 Å². The normalized spacial score (nSPS) is 33.9. The smallest absolute Gasteiger partial charge is 0.310 e. The van der Waals surface area contributed by atoms with Crippen LogP contribution in [0.5, 0.6) is 0 Å². The molecule has 5 heteroatoms. The van der Waals surface area contributed by atoms with E-state index in [1.165, 1.54) is 0 Å². The highest BCUT2D eigenvalue weighted by molar-refractivity contribution is 8.00. The summed E-state index contributed by atoms with van der Waals surface area (Å²) >= 11 is 1.75. The van der Waals surface area contributed by atoms with Gasteiger partial charge in [0.15, 0.2) is 0 Å². The van der Waals surface area contributed by atoms with E-state index in [2.05, 4.69) is 17.4 Å². The number of fused-ring (bicyclic) bond motifs is 1. The van der Waals surface area contributed by atoms with Crippen LogP contribution in [0, 0.1) is 23.7 Å². The molecule has 3 aliphatic rings. The molecule has 1 amide bonds. The van der Waals surface area contributed by atoms with Crippen LogP contribution >= 0.6 is 11.8 Å². The first-order valence-corrected chi connectivity index (χ1v) is 9.88. The Morgan fingerprint density at radius 3 is 2.42 bits per heavy atom. The van der Waals surface area contributed by atoms with Gasteiger partial charge in [0.25, 0.3) is 0 Å². The second-order valence-electron chi connectivity index (χ2n) is 7.27. The summed E-state index contributed by atoms with van der Waals surface area (Å²) in [5.74, 6) is -0.457. The quantitative estimate of drug-likeness (QED) is 0.842. The number of thioether (sulfide) groups is 1. The van der Waals surface area contributed by atoms with Crippen molar-refractivity contribution in [2.45, 2.75) is 22.7 Å². The number of amides is 1. The number of benzene rings is 2. The molecule has 4 nitrogen and oxygen atoms in total. The molecule has 1 saturated heterocycles. The van der Waals surface area contributed by atoms with Gasteiger partial charge < -0.3 is 10.1 Å². The Morgan fingerprint density at radius 2 is 1.69 bits per heavy atom. The summed E-state index contributed by atoms with van der Waals surface area (Å²) in [6.45, 7) is 0. The van der Waals surface area contributed by atoms with Gasteiger partial charge in [-0.1, -0.05) is 36.4 Å². The lowest BCUT2D eigenvalue weighted by molar-refractivity contribution is -0.145. The van der Waals surface area contributed by atoms with Gasteiger partial charge in [0, 0.05) is 16.5 Å². The predicted molar refractivity (Wildman–Crippen MR) is 99.6 cm³/mol. The van der Waals surface area contributed by atoms with Gasteiger partial charge in [0.1, 0.15) is 6.10 Å². The molecule has 2 bridgehead atoms. The molecule has 3 fully saturated rings. The van der Waals surface area contributed by atoms with Gasteiger partial charge in [-0.2, -0.15) is 0 Å². The zero-order valence-corrected chi connectivity index (χ0v) is 14.9. The zero-order chi connectivity index (χ0) is 17.7. The SMILES string of the molecule is O=C1OC2C3CC(C2Sc2ccccc2)C(C(=O)Nc2ccccc2)C13. The van der Waals surface area contributed by atoms with Crippen molar-refractivity contribution in [3.05, 3.63) is 60.7 Å². The van der Waals surface area contributed by atoms with E-state index in [1.807, 2.05) is 48.5 Å². The largest absolute Gasteiger partial charge is 0.461 e. The van der Waals surface area contributed by atoms with Crippen LogP contribution in [0.15, 0.2) is 65.6 Å². The summed E-state index contributed by atoms with van der Waals surface area (Å²) in [7, 11) is 0. The van der Waals surface area contributed by atoms with Crippen molar-refractivity contribution < 1.29 is 14.3 Å². The third kappa shape index (κ3) is 2.45. The number of hydrogen-bond acceptors (Lipinski definition) is 4. The van der Waals surface area contributed by atoms with E-state index in [0.29, 0.717) is 0 Å². The summed E-state index contributed by atoms with van der Waals surface area (Å²) in [6.07, 6.45) is 0.849. The first kappa shape index (κ1) is 15.9. The maximum atomic E-state index is 13.0. The lowest BCUT2D eigenvalue weighted by atomic mass is 9.79. The van der Waals surface area contributed by atoms with Crippen LogP contribution in [0.1, 0.15) is 6.42 Å². The van der Waals surface area contributed by atoms with Gasteiger partial charge in [0.05, 0.1) is 17.1 Å². The van der Waals surface area contributed by atoms with E-state index >= 15 is 0 Å². The maximum absolute atomic E-state index is 13.0. The van der Waals surface area contributed by atoms with Gasteiger partial charge in [-0.05, 0) is 36.6 Å². The molecule has 1 aliphatic heterocycles. The molecule has 0 spiro atoms. The van der Waals surface area contributed by atoms with Crippen LogP contribution in [0.25, 0.3) is 0 Å². The number of esters is 1. The van der Waals surface area contributed by atoms with Crippen LogP contribution in [0.3, 0.4) is 0 Å². The maximum Gasteiger partial charge on any atom is 0.310 e. The van der Waals surface area contributed by atoms with Crippen molar-refractivity contribution in [1.82, 2.24) is 0 Å². The van der Waals surface area contributed by atoms with Gasteiger partial charge in [0.2, 0.25) is 5.91 Å². The number of hydrogen-bond donors (Lipinski definition) is 1. The summed E-state index contributed by atoms with van der Waals surface area (Å²) in [6, 6.07) is 19.6. The van der Waals surface area contributed by atoms with E-state index in [0.717, 1.165) is 17.0 Å². The standard InChI is InChI=1S/C21H19NO3S/c23-20(22-12-7-3-1-4-8-12)16-15-11-14-17(16)21(24)25-18(14)19(15)26-13-9-5-2-6-10-13/h1-10,14-19H,11H2,(H,22,23). The number of rotatable bonds is 4. The molecule has 26 heavy (non-hydrogen) atoms. The highest BCUT2D eigenvalue weighted by Gasteiger charge is 2.68. The van der Waals surface area contributed by atoms with Crippen molar-refractivity contribution in [3.8, 4) is 0 Å². The summed E-state index contributed by atoms with van der Waals surface area (Å²) in [5.41, 5.74) is 0.774. The lowest BCUT2D eigenvalue weighted by Crippen LogP contribution is -2.41. The molecule has 1 N–H and O–H groups in total. The third-order valence-electron chi connectivity index (χ3n) is 5.91. The fourth-order valence-electron chi connectivity index (χ4n) is 4.91. The Morgan fingerprint density at radius 1 is 1.00 bits per heavy atom. The van der Waals surface area contributed by atoms with Crippen LogP contribution in [-0.4, -0.2) is 23.2 Å². The highest BCUT2D eigenvalue weighted by Crippen LogP contribution is 2.61. The second-order valence-corrected chi connectivity index (χ2v) is 8.52. The molecule has 2 aromatic carbocycles.